The zero-order valence-electron chi connectivity index (χ0n) is 25.2. The van der Waals surface area contributed by atoms with E-state index in [-0.39, 0.29) is 41.0 Å². The number of nitrogens with zero attached hydrogens (tertiary/aromatic N) is 2. The number of hydrogen-bond donors (Lipinski definition) is 1. The minimum absolute atomic E-state index is 0.0173. The smallest absolute Gasteiger partial charge is 0.223 e. The molecule has 1 spiro atoms. The average molecular weight is 573 g/mol. The predicted octanol–water partition coefficient (Wildman–Crippen LogP) is 5.67. The fraction of sp³-hybridized carbons (Fsp3) is 0.543. The molecule has 2 aromatic carbocycles. The van der Waals surface area contributed by atoms with Crippen LogP contribution in [0.2, 0.25) is 0 Å². The number of unbranched alkanes of at least 4 members (excludes halogenated alkanes) is 1. The largest absolute Gasteiger partial charge is 0.508 e. The maximum absolute atomic E-state index is 13.9. The number of ketones is 1. The molecule has 2 heterocycles. The van der Waals surface area contributed by atoms with Crippen molar-refractivity contribution < 1.29 is 24.2 Å². The lowest BCUT2D eigenvalue weighted by molar-refractivity contribution is -0.145. The molecule has 2 fully saturated rings. The minimum Gasteiger partial charge on any atom is -0.508 e. The van der Waals surface area contributed by atoms with Crippen LogP contribution in [-0.4, -0.2) is 71.0 Å². The van der Waals surface area contributed by atoms with Crippen molar-refractivity contribution >= 4 is 11.7 Å². The van der Waals surface area contributed by atoms with Crippen LogP contribution in [0.5, 0.6) is 17.2 Å². The summed E-state index contributed by atoms with van der Waals surface area (Å²) in [6, 6.07) is 11.3. The molecule has 1 saturated heterocycles. The van der Waals surface area contributed by atoms with Gasteiger partial charge in [-0.05, 0) is 64.8 Å². The summed E-state index contributed by atoms with van der Waals surface area (Å²) in [4.78, 5) is 31.1. The number of rotatable bonds is 11. The van der Waals surface area contributed by atoms with Gasteiger partial charge >= 0.3 is 0 Å². The van der Waals surface area contributed by atoms with E-state index < -0.39 is 0 Å². The van der Waals surface area contributed by atoms with Gasteiger partial charge in [0.05, 0.1) is 13.2 Å². The fourth-order valence-electron chi connectivity index (χ4n) is 8.79. The lowest BCUT2D eigenvalue weighted by atomic mass is 9.50. The van der Waals surface area contributed by atoms with Gasteiger partial charge in [0, 0.05) is 59.6 Å². The normalized spacial score (nSPS) is 27.2. The van der Waals surface area contributed by atoms with Gasteiger partial charge in [0.2, 0.25) is 5.91 Å². The quantitative estimate of drug-likeness (QED) is 0.212. The Morgan fingerprint density at radius 2 is 1.98 bits per heavy atom. The third-order valence-corrected chi connectivity index (χ3v) is 10.4. The first-order valence-corrected chi connectivity index (χ1v) is 15.7. The minimum atomic E-state index is -0.268. The van der Waals surface area contributed by atoms with Gasteiger partial charge in [-0.3, -0.25) is 14.5 Å². The van der Waals surface area contributed by atoms with E-state index >= 15 is 0 Å². The number of phenolic OH excluding ortho intramolecular Hbond substituents is 1. The van der Waals surface area contributed by atoms with Crippen LogP contribution in [-0.2, 0) is 16.6 Å². The number of benzene rings is 2. The maximum Gasteiger partial charge on any atom is 0.223 e. The Labute approximate surface area is 249 Å². The van der Waals surface area contributed by atoms with E-state index in [4.69, 9.17) is 9.47 Å². The zero-order chi connectivity index (χ0) is 29.6. The van der Waals surface area contributed by atoms with Crippen molar-refractivity contribution in [2.45, 2.75) is 94.9 Å². The van der Waals surface area contributed by atoms with Crippen LogP contribution >= 0.6 is 0 Å². The number of methoxy groups -OCH3 is 1. The van der Waals surface area contributed by atoms with E-state index in [2.05, 4.69) is 30.2 Å². The van der Waals surface area contributed by atoms with Gasteiger partial charge < -0.3 is 19.5 Å². The number of ether oxygens (including phenoxy) is 2. The molecule has 0 radical (unpaired) electrons. The first-order chi connectivity index (χ1) is 20.3. The molecule has 4 aliphatic rings. The van der Waals surface area contributed by atoms with Crippen molar-refractivity contribution in [1.29, 1.82) is 0 Å². The Morgan fingerprint density at radius 3 is 2.69 bits per heavy atom. The molecule has 2 bridgehead atoms. The van der Waals surface area contributed by atoms with Gasteiger partial charge in [-0.25, -0.2) is 0 Å². The standard InChI is InChI=1S/C35H44N2O5/c1-5-18-36-19-17-35-25-15-16-26(34(35)42-33-30(41-4)21-29(39)24(32(33)35)20-27(25)36)37(22(2)3)31(40)14-10-9-13-28(38)23-11-7-6-8-12-23/h5-8,11-12,21-22,25-27,34,39H,1,9-10,13-20H2,2-4H3/t25-,26+,27+,34-,35-/m0/s1. The molecule has 2 aliphatic heterocycles. The molecule has 0 unspecified atom stereocenters. The molecule has 1 saturated carbocycles. The molecule has 1 amide bonds. The molecule has 2 aliphatic carbocycles. The van der Waals surface area contributed by atoms with E-state index in [9.17, 15) is 14.7 Å². The van der Waals surface area contributed by atoms with Crippen LogP contribution in [0.1, 0.15) is 80.3 Å². The highest BCUT2D eigenvalue weighted by molar-refractivity contribution is 5.96. The number of carbonyl (C=O) groups excluding carboxylic acids is 2. The Kier molecular flexibility index (Phi) is 7.81. The lowest BCUT2D eigenvalue weighted by Gasteiger charge is -2.60. The topological polar surface area (TPSA) is 79.3 Å². The Morgan fingerprint density at radius 1 is 1.21 bits per heavy atom. The number of carbonyl (C=O) groups is 2. The molecule has 224 valence electrons. The fourth-order valence-corrected chi connectivity index (χ4v) is 8.79. The van der Waals surface area contributed by atoms with Gasteiger partial charge in [0.1, 0.15) is 11.9 Å². The van der Waals surface area contributed by atoms with Crippen LogP contribution in [0, 0.1) is 5.92 Å². The van der Waals surface area contributed by atoms with Crippen molar-refractivity contribution in [2.24, 2.45) is 5.92 Å². The number of likely N-dealkylation sites (tertiary alicyclic amines) is 1. The summed E-state index contributed by atoms with van der Waals surface area (Å²) in [6.45, 7) is 9.96. The van der Waals surface area contributed by atoms with Crippen LogP contribution in [0.15, 0.2) is 49.1 Å². The second-order valence-electron chi connectivity index (χ2n) is 12.8. The van der Waals surface area contributed by atoms with Crippen LogP contribution in [0.25, 0.3) is 0 Å². The second kappa shape index (κ2) is 11.4. The van der Waals surface area contributed by atoms with E-state index in [1.807, 2.05) is 36.4 Å². The third kappa shape index (κ3) is 4.52. The van der Waals surface area contributed by atoms with E-state index in [1.54, 1.807) is 13.2 Å². The molecule has 1 N–H and O–H groups in total. The SMILES string of the molecule is C=CCN1CC[C@]23c4c5c(O)cc(OC)c4O[C@H]2[C@H](N(C(=O)CCCCC(=O)c2ccccc2)C(C)C)CC[C@H]3[C@H]1C5. The molecule has 6 rings (SSSR count). The maximum atomic E-state index is 13.9. The summed E-state index contributed by atoms with van der Waals surface area (Å²) in [5.74, 6) is 2.25. The van der Waals surface area contributed by atoms with E-state index in [0.29, 0.717) is 43.4 Å². The van der Waals surface area contributed by atoms with Crippen molar-refractivity contribution in [3.8, 4) is 17.2 Å². The number of Topliss-reactive ketones (excluding diaryl/α,β-unsaturated/α-hetero) is 1. The molecular weight excluding hydrogens is 528 g/mol. The predicted molar refractivity (Wildman–Crippen MR) is 162 cm³/mol. The monoisotopic (exact) mass is 572 g/mol. The molecule has 42 heavy (non-hydrogen) atoms. The molecule has 7 heteroatoms. The molecular formula is C35H44N2O5. The highest BCUT2D eigenvalue weighted by Crippen LogP contribution is 2.65. The van der Waals surface area contributed by atoms with Gasteiger partial charge in [-0.2, -0.15) is 0 Å². The third-order valence-electron chi connectivity index (χ3n) is 10.4. The highest BCUT2D eigenvalue weighted by Gasteiger charge is 2.67. The number of aromatic hydroxyl groups is 1. The first kappa shape index (κ1) is 28.8. The van der Waals surface area contributed by atoms with Crippen molar-refractivity contribution in [1.82, 2.24) is 9.80 Å². The van der Waals surface area contributed by atoms with E-state index in [1.165, 1.54) is 0 Å². The average Bonchev–Trinajstić information content (AvgIpc) is 3.33. The molecule has 0 aromatic heterocycles. The van der Waals surface area contributed by atoms with Gasteiger partial charge in [0.15, 0.2) is 17.3 Å². The Balaban J connectivity index is 1.26. The van der Waals surface area contributed by atoms with Crippen molar-refractivity contribution in [3.63, 3.8) is 0 Å². The summed E-state index contributed by atoms with van der Waals surface area (Å²) in [6.07, 6.45) is 7.59. The zero-order valence-corrected chi connectivity index (χ0v) is 25.2. The first-order valence-electron chi connectivity index (χ1n) is 15.7. The number of piperidine rings is 1. The van der Waals surface area contributed by atoms with Crippen LogP contribution in [0.3, 0.4) is 0 Å². The molecule has 7 nitrogen and oxygen atoms in total. The number of amides is 1. The van der Waals surface area contributed by atoms with E-state index in [0.717, 1.165) is 61.2 Å². The highest BCUT2D eigenvalue weighted by atomic mass is 16.5. The Hall–Kier alpha value is -3.32. The van der Waals surface area contributed by atoms with Gasteiger partial charge in [0.25, 0.3) is 0 Å². The van der Waals surface area contributed by atoms with Crippen LogP contribution in [0.4, 0.5) is 0 Å². The molecule has 5 atom stereocenters. The number of hydrogen-bond acceptors (Lipinski definition) is 6. The number of phenols is 1. The summed E-state index contributed by atoms with van der Waals surface area (Å²) in [5, 5.41) is 11.2. The summed E-state index contributed by atoms with van der Waals surface area (Å²) in [5.41, 5.74) is 2.57. The van der Waals surface area contributed by atoms with Gasteiger partial charge in [-0.1, -0.05) is 36.4 Å². The van der Waals surface area contributed by atoms with Crippen LogP contribution < -0.4 is 9.47 Å². The summed E-state index contributed by atoms with van der Waals surface area (Å²) >= 11 is 0. The second-order valence-corrected chi connectivity index (χ2v) is 12.8. The molecule has 2 aromatic rings. The summed E-state index contributed by atoms with van der Waals surface area (Å²) < 4.78 is 12.7. The van der Waals surface area contributed by atoms with Gasteiger partial charge in [-0.15, -0.1) is 6.58 Å². The Bertz CT molecular complexity index is 1360. The summed E-state index contributed by atoms with van der Waals surface area (Å²) in [7, 11) is 1.63. The van der Waals surface area contributed by atoms with Crippen molar-refractivity contribution in [3.05, 3.63) is 65.7 Å². The lowest BCUT2D eigenvalue weighted by Crippen LogP contribution is -2.69. The van der Waals surface area contributed by atoms with Crippen molar-refractivity contribution in [2.75, 3.05) is 20.2 Å².